The van der Waals surface area contributed by atoms with Crippen LogP contribution in [0.25, 0.3) is 11.0 Å². The molecule has 0 bridgehead atoms. The Morgan fingerprint density at radius 3 is 2.65 bits per heavy atom. The number of aromatic amines is 1. The lowest BCUT2D eigenvalue weighted by Crippen LogP contribution is -2.13. The van der Waals surface area contributed by atoms with E-state index in [0.717, 1.165) is 22.4 Å². The Kier molecular flexibility index (Phi) is 3.26. The van der Waals surface area contributed by atoms with Crippen LogP contribution >= 0.6 is 0 Å². The molecule has 0 unspecified atom stereocenters. The highest BCUT2D eigenvalue weighted by atomic mass is 16.3. The van der Waals surface area contributed by atoms with Crippen LogP contribution in [-0.2, 0) is 13.1 Å². The molecule has 102 valence electrons. The Hall–Kier alpha value is -2.53. The summed E-state index contributed by atoms with van der Waals surface area (Å²) >= 11 is 0. The van der Waals surface area contributed by atoms with Gasteiger partial charge in [0.05, 0.1) is 17.6 Å². The maximum Gasteiger partial charge on any atom is 0.157 e. The number of imidazole rings is 1. The fourth-order valence-corrected chi connectivity index (χ4v) is 2.09. The number of nitrogens with one attached hydrogen (secondary N) is 2. The number of fused-ring (bicyclic) bond motifs is 1. The number of aromatic hydroxyl groups is 2. The van der Waals surface area contributed by atoms with Crippen molar-refractivity contribution in [3.05, 3.63) is 53.9 Å². The first-order chi connectivity index (χ1) is 9.72. The number of para-hydroxylation sites is 2. The van der Waals surface area contributed by atoms with Gasteiger partial charge in [-0.05, 0) is 29.8 Å². The highest BCUT2D eigenvalue weighted by Gasteiger charge is 2.03. The van der Waals surface area contributed by atoms with Gasteiger partial charge in [-0.2, -0.15) is 0 Å². The van der Waals surface area contributed by atoms with Crippen LogP contribution in [0.4, 0.5) is 0 Å². The largest absolute Gasteiger partial charge is 0.504 e. The maximum absolute atomic E-state index is 9.42. The van der Waals surface area contributed by atoms with Crippen LogP contribution in [0, 0.1) is 0 Å². The Labute approximate surface area is 115 Å². The van der Waals surface area contributed by atoms with Crippen LogP contribution in [0.1, 0.15) is 11.4 Å². The van der Waals surface area contributed by atoms with Crippen molar-refractivity contribution >= 4 is 11.0 Å². The van der Waals surface area contributed by atoms with E-state index in [4.69, 9.17) is 0 Å². The lowest BCUT2D eigenvalue weighted by molar-refractivity contribution is 0.403. The Bertz CT molecular complexity index is 704. The Morgan fingerprint density at radius 2 is 1.85 bits per heavy atom. The first kappa shape index (κ1) is 12.5. The number of nitrogens with zero attached hydrogens (tertiary/aromatic N) is 1. The van der Waals surface area contributed by atoms with Gasteiger partial charge in [-0.1, -0.05) is 18.2 Å². The van der Waals surface area contributed by atoms with Gasteiger partial charge in [-0.25, -0.2) is 4.98 Å². The topological polar surface area (TPSA) is 81.2 Å². The van der Waals surface area contributed by atoms with Gasteiger partial charge in [0.15, 0.2) is 11.5 Å². The maximum atomic E-state index is 9.42. The molecule has 20 heavy (non-hydrogen) atoms. The molecule has 0 amide bonds. The van der Waals surface area contributed by atoms with Crippen LogP contribution in [0.5, 0.6) is 11.5 Å². The molecule has 0 atom stereocenters. The van der Waals surface area contributed by atoms with E-state index in [1.165, 1.54) is 6.07 Å². The minimum Gasteiger partial charge on any atom is -0.504 e. The summed E-state index contributed by atoms with van der Waals surface area (Å²) < 4.78 is 0. The molecule has 0 saturated heterocycles. The van der Waals surface area contributed by atoms with Crippen molar-refractivity contribution in [2.45, 2.75) is 13.1 Å². The predicted octanol–water partition coefficient (Wildman–Crippen LogP) is 2.26. The first-order valence-corrected chi connectivity index (χ1v) is 6.37. The van der Waals surface area contributed by atoms with Gasteiger partial charge in [0, 0.05) is 6.54 Å². The fourth-order valence-electron chi connectivity index (χ4n) is 2.09. The van der Waals surface area contributed by atoms with Crippen molar-refractivity contribution in [1.29, 1.82) is 0 Å². The number of phenolic OH excluding ortho intramolecular Hbond substituents is 2. The average molecular weight is 269 g/mol. The molecule has 0 fully saturated rings. The summed E-state index contributed by atoms with van der Waals surface area (Å²) in [6.45, 7) is 1.20. The zero-order valence-electron chi connectivity index (χ0n) is 10.8. The Balaban J connectivity index is 1.63. The van der Waals surface area contributed by atoms with Crippen LogP contribution in [0.15, 0.2) is 42.5 Å². The standard InChI is InChI=1S/C15H15N3O2/c19-13-6-5-10(7-14(13)20)8-16-9-15-17-11-3-1-2-4-12(11)18-15/h1-7,16,19-20H,8-9H2,(H,17,18). The average Bonchev–Trinajstić information content (AvgIpc) is 2.85. The minimum absolute atomic E-state index is 0.104. The quantitative estimate of drug-likeness (QED) is 0.548. The van der Waals surface area contributed by atoms with Crippen LogP contribution < -0.4 is 5.32 Å². The van der Waals surface area contributed by atoms with Crippen molar-refractivity contribution < 1.29 is 10.2 Å². The monoisotopic (exact) mass is 269 g/mol. The molecule has 0 aliphatic rings. The molecule has 1 aromatic heterocycles. The number of rotatable bonds is 4. The molecule has 0 spiro atoms. The van der Waals surface area contributed by atoms with E-state index in [2.05, 4.69) is 15.3 Å². The molecule has 0 aliphatic heterocycles. The van der Waals surface area contributed by atoms with E-state index in [9.17, 15) is 10.2 Å². The van der Waals surface area contributed by atoms with E-state index in [0.29, 0.717) is 13.1 Å². The zero-order chi connectivity index (χ0) is 13.9. The molecule has 1 heterocycles. The van der Waals surface area contributed by atoms with Gasteiger partial charge in [0.25, 0.3) is 0 Å². The lowest BCUT2D eigenvalue weighted by atomic mass is 10.2. The summed E-state index contributed by atoms with van der Waals surface area (Å²) in [6.07, 6.45) is 0. The van der Waals surface area contributed by atoms with Crippen LogP contribution in [0.2, 0.25) is 0 Å². The third-order valence-electron chi connectivity index (χ3n) is 3.10. The van der Waals surface area contributed by atoms with Gasteiger partial charge in [0.2, 0.25) is 0 Å². The molecular weight excluding hydrogens is 254 g/mol. The molecule has 3 rings (SSSR count). The second-order valence-corrected chi connectivity index (χ2v) is 4.63. The van der Waals surface area contributed by atoms with Gasteiger partial charge >= 0.3 is 0 Å². The zero-order valence-corrected chi connectivity index (χ0v) is 10.8. The molecule has 5 nitrogen and oxygen atoms in total. The van der Waals surface area contributed by atoms with E-state index in [1.807, 2.05) is 24.3 Å². The van der Waals surface area contributed by atoms with Gasteiger partial charge < -0.3 is 20.5 Å². The summed E-state index contributed by atoms with van der Waals surface area (Å²) in [6, 6.07) is 12.7. The second-order valence-electron chi connectivity index (χ2n) is 4.63. The SMILES string of the molecule is Oc1ccc(CNCc2nc3ccccc3[nH]2)cc1O. The summed E-state index contributed by atoms with van der Waals surface area (Å²) in [5.41, 5.74) is 2.87. The van der Waals surface area contributed by atoms with Gasteiger partial charge in [-0.15, -0.1) is 0 Å². The van der Waals surface area contributed by atoms with Crippen molar-refractivity contribution in [2.24, 2.45) is 0 Å². The molecule has 4 N–H and O–H groups in total. The van der Waals surface area contributed by atoms with E-state index in [-0.39, 0.29) is 11.5 Å². The van der Waals surface area contributed by atoms with Gasteiger partial charge in [0.1, 0.15) is 5.82 Å². The normalized spacial score (nSPS) is 11.0. The lowest BCUT2D eigenvalue weighted by Gasteiger charge is -2.04. The second kappa shape index (κ2) is 5.22. The van der Waals surface area contributed by atoms with Crippen molar-refractivity contribution in [3.63, 3.8) is 0 Å². The number of H-pyrrole nitrogens is 1. The van der Waals surface area contributed by atoms with Crippen LogP contribution in [0.3, 0.4) is 0 Å². The van der Waals surface area contributed by atoms with Crippen molar-refractivity contribution in [2.75, 3.05) is 0 Å². The third-order valence-corrected chi connectivity index (χ3v) is 3.10. The summed E-state index contributed by atoms with van der Waals surface area (Å²) in [7, 11) is 0. The van der Waals surface area contributed by atoms with E-state index in [1.54, 1.807) is 12.1 Å². The molecule has 3 aromatic rings. The molecule has 0 aliphatic carbocycles. The van der Waals surface area contributed by atoms with Gasteiger partial charge in [-0.3, -0.25) is 0 Å². The van der Waals surface area contributed by atoms with Crippen molar-refractivity contribution in [3.8, 4) is 11.5 Å². The number of benzene rings is 2. The fraction of sp³-hybridized carbons (Fsp3) is 0.133. The molecule has 5 heteroatoms. The summed E-state index contributed by atoms with van der Waals surface area (Å²) in [4.78, 5) is 7.71. The van der Waals surface area contributed by atoms with Crippen molar-refractivity contribution in [1.82, 2.24) is 15.3 Å². The predicted molar refractivity (Wildman–Crippen MR) is 76.4 cm³/mol. The highest BCUT2D eigenvalue weighted by molar-refractivity contribution is 5.74. The highest BCUT2D eigenvalue weighted by Crippen LogP contribution is 2.24. The number of aromatic nitrogens is 2. The summed E-state index contributed by atoms with van der Waals surface area (Å²) in [5.74, 6) is 0.660. The van der Waals surface area contributed by atoms with Crippen LogP contribution in [-0.4, -0.2) is 20.2 Å². The molecule has 2 aromatic carbocycles. The Morgan fingerprint density at radius 1 is 1.00 bits per heavy atom. The molecule has 0 saturated carbocycles. The van der Waals surface area contributed by atoms with E-state index < -0.39 is 0 Å². The summed E-state index contributed by atoms with van der Waals surface area (Å²) in [5, 5.41) is 21.9. The van der Waals surface area contributed by atoms with E-state index >= 15 is 0 Å². The first-order valence-electron chi connectivity index (χ1n) is 6.37. The minimum atomic E-state index is -0.106. The molecule has 0 radical (unpaired) electrons. The number of hydrogen-bond acceptors (Lipinski definition) is 4. The third kappa shape index (κ3) is 2.57. The number of phenols is 2. The smallest absolute Gasteiger partial charge is 0.157 e. The number of hydrogen-bond donors (Lipinski definition) is 4. The molecular formula is C15H15N3O2.